The zero-order valence-electron chi connectivity index (χ0n) is 17.9. The summed E-state index contributed by atoms with van der Waals surface area (Å²) < 4.78 is 27.6. The van der Waals surface area contributed by atoms with Gasteiger partial charge in [-0.3, -0.25) is 20.4 Å². The van der Waals surface area contributed by atoms with Gasteiger partial charge in [0.15, 0.2) is 0 Å². The normalized spacial score (nSPS) is 10.7. The number of carbonyl (C=O) groups is 3. The maximum atomic E-state index is 12.6. The van der Waals surface area contributed by atoms with Gasteiger partial charge in [-0.05, 0) is 35.9 Å². The molecule has 0 aliphatic carbocycles. The molecule has 0 atom stereocenters. The molecule has 0 saturated heterocycles. The molecular formula is C23H23N5O5S. The molecule has 0 heterocycles. The van der Waals surface area contributed by atoms with E-state index in [4.69, 9.17) is 0 Å². The van der Waals surface area contributed by atoms with E-state index in [0.717, 1.165) is 5.56 Å². The molecule has 3 aromatic carbocycles. The average molecular weight is 482 g/mol. The Bertz CT molecular complexity index is 1250. The molecule has 0 spiro atoms. The molecule has 0 bridgehead atoms. The van der Waals surface area contributed by atoms with Gasteiger partial charge in [0.05, 0.1) is 4.90 Å². The van der Waals surface area contributed by atoms with Gasteiger partial charge >= 0.3 is 6.03 Å². The summed E-state index contributed by atoms with van der Waals surface area (Å²) in [5.74, 6) is -1.40. The van der Waals surface area contributed by atoms with Crippen LogP contribution in [-0.4, -0.2) is 32.8 Å². The van der Waals surface area contributed by atoms with Crippen molar-refractivity contribution in [3.8, 4) is 0 Å². The van der Waals surface area contributed by atoms with Crippen LogP contribution < -0.4 is 26.2 Å². The SMILES string of the molecule is O=C(CNC(=O)Nc1ccccc1)NNC(=O)c1cccc(S(=O)(=O)NCc2ccccc2)c1. The fraction of sp³-hybridized carbons (Fsp3) is 0.0870. The first-order valence-electron chi connectivity index (χ1n) is 10.2. The summed E-state index contributed by atoms with van der Waals surface area (Å²) in [6, 6.07) is 22.5. The lowest BCUT2D eigenvalue weighted by molar-refractivity contribution is -0.120. The van der Waals surface area contributed by atoms with Gasteiger partial charge in [-0.1, -0.05) is 54.6 Å². The van der Waals surface area contributed by atoms with Crippen molar-refractivity contribution in [3.05, 3.63) is 96.1 Å². The summed E-state index contributed by atoms with van der Waals surface area (Å²) in [6.45, 7) is -0.294. The Morgan fingerprint density at radius 2 is 1.44 bits per heavy atom. The van der Waals surface area contributed by atoms with Gasteiger partial charge in [-0.2, -0.15) is 0 Å². The molecule has 34 heavy (non-hydrogen) atoms. The van der Waals surface area contributed by atoms with Crippen LogP contribution in [0.15, 0.2) is 89.8 Å². The van der Waals surface area contributed by atoms with Gasteiger partial charge in [-0.15, -0.1) is 0 Å². The van der Waals surface area contributed by atoms with Crippen LogP contribution in [0, 0.1) is 0 Å². The number of nitrogens with one attached hydrogen (secondary N) is 5. The smallest absolute Gasteiger partial charge is 0.319 e. The van der Waals surface area contributed by atoms with Crippen LogP contribution in [0.2, 0.25) is 0 Å². The van der Waals surface area contributed by atoms with E-state index in [1.54, 1.807) is 54.6 Å². The molecule has 176 valence electrons. The van der Waals surface area contributed by atoms with E-state index >= 15 is 0 Å². The topological polar surface area (TPSA) is 146 Å². The number of anilines is 1. The highest BCUT2D eigenvalue weighted by molar-refractivity contribution is 7.89. The number of hydrogen-bond donors (Lipinski definition) is 5. The minimum atomic E-state index is -3.86. The number of carbonyl (C=O) groups excluding carboxylic acids is 3. The van der Waals surface area contributed by atoms with E-state index in [2.05, 4.69) is 26.2 Å². The summed E-state index contributed by atoms with van der Waals surface area (Å²) in [5.41, 5.74) is 5.71. The van der Waals surface area contributed by atoms with E-state index in [9.17, 15) is 22.8 Å². The van der Waals surface area contributed by atoms with Gasteiger partial charge in [0, 0.05) is 17.8 Å². The van der Waals surface area contributed by atoms with E-state index < -0.39 is 34.4 Å². The number of benzene rings is 3. The summed E-state index contributed by atoms with van der Waals surface area (Å²) >= 11 is 0. The second kappa shape index (κ2) is 11.6. The minimum absolute atomic E-state index is 0.0256. The highest BCUT2D eigenvalue weighted by Crippen LogP contribution is 2.12. The molecule has 11 heteroatoms. The first-order chi connectivity index (χ1) is 16.3. The van der Waals surface area contributed by atoms with E-state index in [1.807, 2.05) is 6.07 Å². The molecule has 3 rings (SSSR count). The molecule has 5 N–H and O–H groups in total. The van der Waals surface area contributed by atoms with Gasteiger partial charge < -0.3 is 10.6 Å². The van der Waals surface area contributed by atoms with Crippen molar-refractivity contribution in [2.75, 3.05) is 11.9 Å². The molecular weight excluding hydrogens is 458 g/mol. The van der Waals surface area contributed by atoms with Gasteiger partial charge in [0.2, 0.25) is 10.0 Å². The van der Waals surface area contributed by atoms with Crippen LogP contribution in [0.4, 0.5) is 10.5 Å². The Hall–Kier alpha value is -4.22. The van der Waals surface area contributed by atoms with Crippen LogP contribution in [0.5, 0.6) is 0 Å². The number of hydrogen-bond acceptors (Lipinski definition) is 5. The predicted molar refractivity (Wildman–Crippen MR) is 126 cm³/mol. The fourth-order valence-electron chi connectivity index (χ4n) is 2.76. The van der Waals surface area contributed by atoms with E-state index in [-0.39, 0.29) is 17.0 Å². The third kappa shape index (κ3) is 7.43. The first kappa shape index (κ1) is 24.4. The van der Waals surface area contributed by atoms with Crippen molar-refractivity contribution in [2.45, 2.75) is 11.4 Å². The van der Waals surface area contributed by atoms with Crippen molar-refractivity contribution in [1.82, 2.24) is 20.9 Å². The zero-order valence-corrected chi connectivity index (χ0v) is 18.8. The van der Waals surface area contributed by atoms with Crippen LogP contribution in [0.1, 0.15) is 15.9 Å². The largest absolute Gasteiger partial charge is 0.329 e. The van der Waals surface area contributed by atoms with Crippen molar-refractivity contribution < 1.29 is 22.8 Å². The Labute approximate surface area is 196 Å². The lowest BCUT2D eigenvalue weighted by Gasteiger charge is -2.11. The molecule has 3 aromatic rings. The van der Waals surface area contributed by atoms with Crippen LogP contribution in [0.25, 0.3) is 0 Å². The summed E-state index contributed by atoms with van der Waals surface area (Å²) in [5, 5.41) is 4.90. The molecule has 0 saturated carbocycles. The minimum Gasteiger partial charge on any atom is -0.329 e. The molecule has 0 aliphatic heterocycles. The quantitative estimate of drug-likeness (QED) is 0.311. The van der Waals surface area contributed by atoms with Gasteiger partial charge in [-0.25, -0.2) is 17.9 Å². The van der Waals surface area contributed by atoms with E-state index in [1.165, 1.54) is 24.3 Å². The second-order valence-corrected chi connectivity index (χ2v) is 8.78. The Morgan fingerprint density at radius 3 is 2.15 bits per heavy atom. The van der Waals surface area contributed by atoms with Crippen molar-refractivity contribution in [1.29, 1.82) is 0 Å². The lowest BCUT2D eigenvalue weighted by atomic mass is 10.2. The number of urea groups is 1. The number of para-hydroxylation sites is 1. The number of rotatable bonds is 8. The Morgan fingerprint density at radius 1 is 0.765 bits per heavy atom. The maximum Gasteiger partial charge on any atom is 0.319 e. The summed E-state index contributed by atoms with van der Waals surface area (Å²) in [7, 11) is -3.86. The third-order valence-electron chi connectivity index (χ3n) is 4.47. The average Bonchev–Trinajstić information content (AvgIpc) is 2.86. The molecule has 0 fully saturated rings. The number of amides is 4. The monoisotopic (exact) mass is 481 g/mol. The molecule has 4 amide bonds. The van der Waals surface area contributed by atoms with Crippen LogP contribution in [-0.2, 0) is 21.4 Å². The summed E-state index contributed by atoms with van der Waals surface area (Å²) in [4.78, 5) is 36.0. The predicted octanol–water partition coefficient (Wildman–Crippen LogP) is 1.75. The Kier molecular flexibility index (Phi) is 8.32. The summed E-state index contributed by atoms with van der Waals surface area (Å²) in [6.07, 6.45) is 0. The molecule has 10 nitrogen and oxygen atoms in total. The lowest BCUT2D eigenvalue weighted by Crippen LogP contribution is -2.47. The highest BCUT2D eigenvalue weighted by Gasteiger charge is 2.16. The molecule has 0 unspecified atom stereocenters. The highest BCUT2D eigenvalue weighted by atomic mass is 32.2. The number of sulfonamides is 1. The van der Waals surface area contributed by atoms with Crippen molar-refractivity contribution >= 4 is 33.6 Å². The standard InChI is InChI=1S/C23H23N5O5S/c29-21(16-24-23(31)26-19-11-5-2-6-12-19)27-28-22(30)18-10-7-13-20(14-18)34(32,33)25-15-17-8-3-1-4-9-17/h1-14,25H,15-16H2,(H,27,29)(H,28,30)(H2,24,26,31). The van der Waals surface area contributed by atoms with Gasteiger partial charge in [0.1, 0.15) is 6.54 Å². The second-order valence-electron chi connectivity index (χ2n) is 7.01. The molecule has 0 aromatic heterocycles. The fourth-order valence-corrected chi connectivity index (χ4v) is 3.83. The number of hydrazine groups is 1. The van der Waals surface area contributed by atoms with Crippen LogP contribution in [0.3, 0.4) is 0 Å². The maximum absolute atomic E-state index is 12.6. The Balaban J connectivity index is 1.48. The molecule has 0 radical (unpaired) electrons. The van der Waals surface area contributed by atoms with Crippen LogP contribution >= 0.6 is 0 Å². The first-order valence-corrected chi connectivity index (χ1v) is 11.6. The van der Waals surface area contributed by atoms with Crippen molar-refractivity contribution in [3.63, 3.8) is 0 Å². The zero-order chi connectivity index (χ0) is 24.4. The molecule has 0 aliphatic rings. The van der Waals surface area contributed by atoms with E-state index in [0.29, 0.717) is 5.69 Å². The van der Waals surface area contributed by atoms with Crippen molar-refractivity contribution in [2.24, 2.45) is 0 Å². The van der Waals surface area contributed by atoms with Gasteiger partial charge in [0.25, 0.3) is 11.8 Å². The third-order valence-corrected chi connectivity index (χ3v) is 5.87.